The maximum atomic E-state index is 11.2. The van der Waals surface area contributed by atoms with Gasteiger partial charge in [0, 0.05) is 17.5 Å². The molecule has 3 atom stereocenters. The number of rotatable bonds is 3. The number of hydrogen-bond donors (Lipinski definition) is 1. The smallest absolute Gasteiger partial charge is 0.306 e. The van der Waals surface area contributed by atoms with Gasteiger partial charge < -0.3 is 5.11 Å². The van der Waals surface area contributed by atoms with Gasteiger partial charge in [0.25, 0.3) is 0 Å². The normalized spacial score (nSPS) is 29.2. The Balaban J connectivity index is 2.07. The molecule has 1 aromatic heterocycles. The van der Waals surface area contributed by atoms with Crippen LogP contribution >= 0.6 is 11.3 Å². The fourth-order valence-electron chi connectivity index (χ4n) is 2.77. The monoisotopic (exact) mass is 253 g/mol. The zero-order chi connectivity index (χ0) is 12.4. The highest BCUT2D eigenvalue weighted by Crippen LogP contribution is 2.36. The van der Waals surface area contributed by atoms with Gasteiger partial charge in [-0.2, -0.15) is 0 Å². The molecule has 0 aromatic carbocycles. The van der Waals surface area contributed by atoms with E-state index in [4.69, 9.17) is 0 Å². The van der Waals surface area contributed by atoms with Gasteiger partial charge in [0.1, 0.15) is 0 Å². The lowest BCUT2D eigenvalue weighted by Crippen LogP contribution is -2.31. The summed E-state index contributed by atoms with van der Waals surface area (Å²) in [6.07, 6.45) is 3.73. The molecule has 1 saturated carbocycles. The van der Waals surface area contributed by atoms with Crippen molar-refractivity contribution in [2.45, 2.75) is 39.5 Å². The van der Waals surface area contributed by atoms with Gasteiger partial charge in [-0.05, 0) is 38.0 Å². The first kappa shape index (κ1) is 12.6. The van der Waals surface area contributed by atoms with Crippen LogP contribution in [0.1, 0.15) is 36.9 Å². The fraction of sp³-hybridized carbons (Fsp3) is 0.692. The lowest BCUT2D eigenvalue weighted by Gasteiger charge is -2.31. The summed E-state index contributed by atoms with van der Waals surface area (Å²) in [7, 11) is 0. The minimum Gasteiger partial charge on any atom is -0.481 e. The molecule has 0 amide bonds. The molecule has 0 spiro atoms. The highest BCUT2D eigenvalue weighted by molar-refractivity contribution is 7.09. The number of thiazole rings is 1. The summed E-state index contributed by atoms with van der Waals surface area (Å²) in [5.41, 5.74) is 1.04. The molecular formula is C13H19NO2S. The van der Waals surface area contributed by atoms with E-state index in [-0.39, 0.29) is 11.8 Å². The van der Waals surface area contributed by atoms with Crippen molar-refractivity contribution in [3.05, 3.63) is 16.1 Å². The van der Waals surface area contributed by atoms with Crippen LogP contribution in [0.3, 0.4) is 0 Å². The van der Waals surface area contributed by atoms with E-state index < -0.39 is 5.97 Å². The number of aromatic nitrogens is 1. The number of aliphatic carboxylic acids is 1. The van der Waals surface area contributed by atoms with Crippen molar-refractivity contribution < 1.29 is 9.90 Å². The van der Waals surface area contributed by atoms with E-state index in [1.54, 1.807) is 11.3 Å². The molecule has 1 heterocycles. The van der Waals surface area contributed by atoms with E-state index in [9.17, 15) is 9.90 Å². The number of carboxylic acid groups (broad SMARTS) is 1. The second kappa shape index (κ2) is 5.17. The summed E-state index contributed by atoms with van der Waals surface area (Å²) in [5, 5.41) is 12.4. The summed E-state index contributed by atoms with van der Waals surface area (Å²) in [5.74, 6) is 0.115. The quantitative estimate of drug-likeness (QED) is 0.900. The number of nitrogens with zero attached hydrogens (tertiary/aromatic N) is 1. The van der Waals surface area contributed by atoms with Crippen molar-refractivity contribution in [1.29, 1.82) is 0 Å². The summed E-state index contributed by atoms with van der Waals surface area (Å²) < 4.78 is 0. The summed E-state index contributed by atoms with van der Waals surface area (Å²) in [6.45, 7) is 4.20. The standard InChI is InChI=1S/C13H19NO2S/c1-8-3-4-11(13(15)16)10(5-8)6-12-14-9(2)7-17-12/h7-8,10-11H,3-6H2,1-2H3,(H,15,16). The van der Waals surface area contributed by atoms with Gasteiger partial charge in [0.15, 0.2) is 0 Å². The third-order valence-corrected chi connectivity index (χ3v) is 4.65. The van der Waals surface area contributed by atoms with Gasteiger partial charge in [-0.1, -0.05) is 6.92 Å². The molecule has 2 rings (SSSR count). The van der Waals surface area contributed by atoms with Crippen LogP contribution in [0, 0.1) is 24.7 Å². The van der Waals surface area contributed by atoms with Crippen molar-refractivity contribution >= 4 is 17.3 Å². The zero-order valence-corrected chi connectivity index (χ0v) is 11.2. The Morgan fingerprint density at radius 3 is 2.94 bits per heavy atom. The number of carboxylic acids is 1. The molecule has 0 saturated heterocycles. The number of aryl methyl sites for hydroxylation is 1. The van der Waals surface area contributed by atoms with Gasteiger partial charge >= 0.3 is 5.97 Å². The van der Waals surface area contributed by atoms with Crippen LogP contribution in [-0.2, 0) is 11.2 Å². The van der Waals surface area contributed by atoms with Gasteiger partial charge in [-0.15, -0.1) is 11.3 Å². The first-order valence-corrected chi connectivity index (χ1v) is 7.08. The SMILES string of the molecule is Cc1csc(CC2CC(C)CCC2C(=O)O)n1. The Kier molecular flexibility index (Phi) is 3.82. The van der Waals surface area contributed by atoms with E-state index in [0.717, 1.165) is 36.4 Å². The van der Waals surface area contributed by atoms with Crippen molar-refractivity contribution in [3.63, 3.8) is 0 Å². The highest BCUT2D eigenvalue weighted by atomic mass is 32.1. The Hall–Kier alpha value is -0.900. The average molecular weight is 253 g/mol. The highest BCUT2D eigenvalue weighted by Gasteiger charge is 2.33. The maximum absolute atomic E-state index is 11.2. The Morgan fingerprint density at radius 2 is 2.35 bits per heavy atom. The lowest BCUT2D eigenvalue weighted by atomic mass is 9.73. The molecule has 4 heteroatoms. The molecule has 1 aromatic rings. The van der Waals surface area contributed by atoms with Crippen molar-refractivity contribution in [2.24, 2.45) is 17.8 Å². The van der Waals surface area contributed by atoms with Gasteiger partial charge in [0.2, 0.25) is 0 Å². The Labute approximate surface area is 106 Å². The van der Waals surface area contributed by atoms with Crippen LogP contribution in [0.15, 0.2) is 5.38 Å². The Morgan fingerprint density at radius 1 is 1.59 bits per heavy atom. The Bertz CT molecular complexity index is 402. The molecule has 1 N–H and O–H groups in total. The number of hydrogen-bond acceptors (Lipinski definition) is 3. The molecule has 3 nitrogen and oxygen atoms in total. The lowest BCUT2D eigenvalue weighted by molar-refractivity contribution is -0.145. The van der Waals surface area contributed by atoms with Gasteiger partial charge in [-0.25, -0.2) is 4.98 Å². The molecule has 0 radical (unpaired) electrons. The van der Waals surface area contributed by atoms with E-state index in [2.05, 4.69) is 11.9 Å². The fourth-order valence-corrected chi connectivity index (χ4v) is 3.64. The first-order chi connectivity index (χ1) is 8.06. The van der Waals surface area contributed by atoms with Crippen molar-refractivity contribution in [1.82, 2.24) is 4.98 Å². The molecular weight excluding hydrogens is 234 g/mol. The zero-order valence-electron chi connectivity index (χ0n) is 10.3. The van der Waals surface area contributed by atoms with Crippen molar-refractivity contribution in [3.8, 4) is 0 Å². The molecule has 0 aliphatic heterocycles. The van der Waals surface area contributed by atoms with E-state index in [0.29, 0.717) is 5.92 Å². The van der Waals surface area contributed by atoms with Gasteiger partial charge in [-0.3, -0.25) is 4.79 Å². The van der Waals surface area contributed by atoms with Crippen LogP contribution in [0.4, 0.5) is 0 Å². The molecule has 1 aliphatic carbocycles. The minimum atomic E-state index is -0.629. The molecule has 1 fully saturated rings. The summed E-state index contributed by atoms with van der Waals surface area (Å²) in [4.78, 5) is 15.7. The van der Waals surface area contributed by atoms with Crippen LogP contribution in [0.2, 0.25) is 0 Å². The summed E-state index contributed by atoms with van der Waals surface area (Å²) in [6, 6.07) is 0. The maximum Gasteiger partial charge on any atom is 0.306 e. The molecule has 1 aliphatic rings. The molecule has 17 heavy (non-hydrogen) atoms. The van der Waals surface area contributed by atoms with Gasteiger partial charge in [0.05, 0.1) is 10.9 Å². The van der Waals surface area contributed by atoms with E-state index in [1.807, 2.05) is 12.3 Å². The van der Waals surface area contributed by atoms with E-state index >= 15 is 0 Å². The van der Waals surface area contributed by atoms with Crippen LogP contribution in [0.25, 0.3) is 0 Å². The third-order valence-electron chi connectivity index (χ3n) is 3.67. The van der Waals surface area contributed by atoms with Crippen LogP contribution in [0.5, 0.6) is 0 Å². The van der Waals surface area contributed by atoms with Crippen LogP contribution in [-0.4, -0.2) is 16.1 Å². The molecule has 3 unspecified atom stereocenters. The second-order valence-corrected chi connectivity index (χ2v) is 6.15. The predicted octanol–water partition coefficient (Wildman–Crippen LogP) is 3.13. The second-order valence-electron chi connectivity index (χ2n) is 5.21. The predicted molar refractivity (Wildman–Crippen MR) is 68.2 cm³/mol. The van der Waals surface area contributed by atoms with E-state index in [1.165, 1.54) is 0 Å². The first-order valence-electron chi connectivity index (χ1n) is 6.20. The third kappa shape index (κ3) is 3.06. The summed E-state index contributed by atoms with van der Waals surface area (Å²) >= 11 is 1.65. The van der Waals surface area contributed by atoms with Crippen LogP contribution < -0.4 is 0 Å². The average Bonchev–Trinajstić information content (AvgIpc) is 2.63. The minimum absolute atomic E-state index is 0.171. The molecule has 0 bridgehead atoms. The largest absolute Gasteiger partial charge is 0.481 e. The number of carbonyl (C=O) groups is 1. The molecule has 94 valence electrons. The van der Waals surface area contributed by atoms with Crippen molar-refractivity contribution in [2.75, 3.05) is 0 Å². The topological polar surface area (TPSA) is 50.2 Å².